The number of fused-ring (bicyclic) bond motifs is 1. The highest BCUT2D eigenvalue weighted by atomic mass is 16.6. The molecule has 2 heterocycles. The SMILES string of the molecule is CC(C)(C)OC(=O)N1CCC2(C=C(CC(=O)O)c3ccccc3O2)CC1. The lowest BCUT2D eigenvalue weighted by molar-refractivity contribution is -0.135. The van der Waals surface area contributed by atoms with Crippen molar-refractivity contribution in [3.63, 3.8) is 0 Å². The van der Waals surface area contributed by atoms with E-state index in [0.29, 0.717) is 31.7 Å². The summed E-state index contributed by atoms with van der Waals surface area (Å²) < 4.78 is 11.7. The number of amides is 1. The Morgan fingerprint density at radius 1 is 1.23 bits per heavy atom. The first-order valence-electron chi connectivity index (χ1n) is 8.87. The summed E-state index contributed by atoms with van der Waals surface area (Å²) in [7, 11) is 0. The normalized spacial score (nSPS) is 18.6. The number of carboxylic acids is 1. The van der Waals surface area contributed by atoms with Crippen LogP contribution in [-0.2, 0) is 9.53 Å². The van der Waals surface area contributed by atoms with E-state index < -0.39 is 17.2 Å². The second-order valence-corrected chi connectivity index (χ2v) is 7.87. The van der Waals surface area contributed by atoms with Gasteiger partial charge in [-0.05, 0) is 38.5 Å². The molecule has 1 aromatic carbocycles. The highest BCUT2D eigenvalue weighted by Crippen LogP contribution is 2.42. The number of likely N-dealkylation sites (tertiary alicyclic amines) is 1. The number of hydrogen-bond donors (Lipinski definition) is 1. The number of hydrogen-bond acceptors (Lipinski definition) is 4. The highest BCUT2D eigenvalue weighted by molar-refractivity contribution is 5.86. The number of benzene rings is 1. The molecule has 1 N–H and O–H groups in total. The van der Waals surface area contributed by atoms with E-state index in [0.717, 1.165) is 11.1 Å². The summed E-state index contributed by atoms with van der Waals surface area (Å²) in [5.41, 5.74) is 0.499. The van der Waals surface area contributed by atoms with Crippen molar-refractivity contribution in [1.82, 2.24) is 4.90 Å². The van der Waals surface area contributed by atoms with Gasteiger partial charge >= 0.3 is 12.1 Å². The van der Waals surface area contributed by atoms with Gasteiger partial charge in [-0.3, -0.25) is 4.79 Å². The van der Waals surface area contributed by atoms with Crippen molar-refractivity contribution in [2.45, 2.75) is 51.2 Å². The average molecular weight is 359 g/mol. The Bertz CT molecular complexity index is 739. The maximum absolute atomic E-state index is 12.3. The third-order valence-corrected chi connectivity index (χ3v) is 4.59. The van der Waals surface area contributed by atoms with E-state index in [2.05, 4.69) is 0 Å². The summed E-state index contributed by atoms with van der Waals surface area (Å²) in [6.45, 7) is 6.55. The summed E-state index contributed by atoms with van der Waals surface area (Å²) in [6.07, 6.45) is 2.78. The lowest BCUT2D eigenvalue weighted by atomic mass is 9.84. The van der Waals surface area contributed by atoms with Crippen LogP contribution in [-0.4, -0.2) is 46.4 Å². The Labute approximate surface area is 153 Å². The molecule has 26 heavy (non-hydrogen) atoms. The van der Waals surface area contributed by atoms with Crippen LogP contribution in [0.1, 0.15) is 45.6 Å². The van der Waals surface area contributed by atoms with Crippen LogP contribution in [0.5, 0.6) is 5.75 Å². The second-order valence-electron chi connectivity index (χ2n) is 7.87. The van der Waals surface area contributed by atoms with Gasteiger partial charge in [0.25, 0.3) is 0 Å². The fourth-order valence-electron chi connectivity index (χ4n) is 3.41. The smallest absolute Gasteiger partial charge is 0.410 e. The number of carbonyl (C=O) groups excluding carboxylic acids is 1. The van der Waals surface area contributed by atoms with E-state index in [1.165, 1.54) is 0 Å². The van der Waals surface area contributed by atoms with Crippen molar-refractivity contribution in [2.75, 3.05) is 13.1 Å². The van der Waals surface area contributed by atoms with Crippen LogP contribution < -0.4 is 4.74 Å². The number of nitrogens with zero attached hydrogens (tertiary/aromatic N) is 1. The number of aliphatic carboxylic acids is 1. The molecule has 0 radical (unpaired) electrons. The maximum Gasteiger partial charge on any atom is 0.410 e. The number of carbonyl (C=O) groups is 2. The Hall–Kier alpha value is -2.50. The summed E-state index contributed by atoms with van der Waals surface area (Å²) in [4.78, 5) is 25.2. The molecule has 2 aliphatic rings. The molecule has 0 saturated carbocycles. The molecule has 6 nitrogen and oxygen atoms in total. The van der Waals surface area contributed by atoms with E-state index in [-0.39, 0.29) is 12.5 Å². The zero-order valence-electron chi connectivity index (χ0n) is 15.4. The van der Waals surface area contributed by atoms with Gasteiger partial charge in [-0.2, -0.15) is 0 Å². The Morgan fingerprint density at radius 2 is 1.88 bits per heavy atom. The topological polar surface area (TPSA) is 76.1 Å². The van der Waals surface area contributed by atoms with Crippen molar-refractivity contribution in [1.29, 1.82) is 0 Å². The number of para-hydroxylation sites is 1. The van der Waals surface area contributed by atoms with Gasteiger partial charge in [-0.25, -0.2) is 4.79 Å². The van der Waals surface area contributed by atoms with Gasteiger partial charge in [0.05, 0.1) is 6.42 Å². The molecule has 0 unspecified atom stereocenters. The average Bonchev–Trinajstić information content (AvgIpc) is 2.53. The highest BCUT2D eigenvalue weighted by Gasteiger charge is 2.40. The Balaban J connectivity index is 1.77. The molecule has 2 aliphatic heterocycles. The van der Waals surface area contributed by atoms with Gasteiger partial charge in [0.1, 0.15) is 17.0 Å². The molecule has 0 bridgehead atoms. The largest absolute Gasteiger partial charge is 0.482 e. The van der Waals surface area contributed by atoms with Gasteiger partial charge in [-0.1, -0.05) is 18.2 Å². The first-order valence-corrected chi connectivity index (χ1v) is 8.87. The summed E-state index contributed by atoms with van der Waals surface area (Å²) in [5, 5.41) is 9.25. The van der Waals surface area contributed by atoms with Crippen LogP contribution in [0, 0.1) is 0 Å². The lowest BCUT2D eigenvalue weighted by Gasteiger charge is -2.43. The van der Waals surface area contributed by atoms with E-state index in [1.807, 2.05) is 51.1 Å². The van der Waals surface area contributed by atoms with Crippen LogP contribution in [0.3, 0.4) is 0 Å². The molecule has 0 aliphatic carbocycles. The molecule has 6 heteroatoms. The summed E-state index contributed by atoms with van der Waals surface area (Å²) >= 11 is 0. The minimum atomic E-state index is -0.866. The van der Waals surface area contributed by atoms with Gasteiger partial charge in [0.15, 0.2) is 0 Å². The van der Waals surface area contributed by atoms with Gasteiger partial charge in [0, 0.05) is 31.5 Å². The molecule has 1 saturated heterocycles. The fourth-order valence-corrected chi connectivity index (χ4v) is 3.41. The van der Waals surface area contributed by atoms with Crippen LogP contribution in [0.15, 0.2) is 30.3 Å². The van der Waals surface area contributed by atoms with Gasteiger partial charge in [0.2, 0.25) is 0 Å². The van der Waals surface area contributed by atoms with Crippen molar-refractivity contribution < 1.29 is 24.2 Å². The predicted octanol–water partition coefficient (Wildman–Crippen LogP) is 3.71. The molecule has 1 amide bonds. The molecular formula is C20H25NO5. The van der Waals surface area contributed by atoms with E-state index in [1.54, 1.807) is 4.90 Å². The van der Waals surface area contributed by atoms with Crippen LogP contribution >= 0.6 is 0 Å². The Kier molecular flexibility index (Phi) is 4.69. The standard InChI is InChI=1S/C20H25NO5/c1-19(2,3)26-18(24)21-10-8-20(9-11-21)13-14(12-17(22)23)15-6-4-5-7-16(15)25-20/h4-7,13H,8-12H2,1-3H3,(H,22,23). The number of rotatable bonds is 2. The number of ether oxygens (including phenoxy) is 2. The lowest BCUT2D eigenvalue weighted by Crippen LogP contribution is -2.50. The number of piperidine rings is 1. The second kappa shape index (κ2) is 6.67. The van der Waals surface area contributed by atoms with Crippen molar-refractivity contribution in [2.24, 2.45) is 0 Å². The first kappa shape index (κ1) is 18.3. The van der Waals surface area contributed by atoms with E-state index in [9.17, 15) is 14.7 Å². The maximum atomic E-state index is 12.3. The van der Waals surface area contributed by atoms with Crippen molar-refractivity contribution >= 4 is 17.6 Å². The van der Waals surface area contributed by atoms with E-state index in [4.69, 9.17) is 9.47 Å². The summed E-state index contributed by atoms with van der Waals surface area (Å²) in [5.74, 6) is -0.161. The van der Waals surface area contributed by atoms with Crippen LogP contribution in [0.25, 0.3) is 5.57 Å². The van der Waals surface area contributed by atoms with Crippen molar-refractivity contribution in [3.05, 3.63) is 35.9 Å². The molecular weight excluding hydrogens is 334 g/mol. The monoisotopic (exact) mass is 359 g/mol. The van der Waals surface area contributed by atoms with Gasteiger partial charge < -0.3 is 19.5 Å². The summed E-state index contributed by atoms with van der Waals surface area (Å²) in [6, 6.07) is 7.51. The fraction of sp³-hybridized carbons (Fsp3) is 0.500. The van der Waals surface area contributed by atoms with Gasteiger partial charge in [-0.15, -0.1) is 0 Å². The van der Waals surface area contributed by atoms with Crippen LogP contribution in [0.4, 0.5) is 4.79 Å². The predicted molar refractivity (Wildman–Crippen MR) is 97.1 cm³/mol. The van der Waals surface area contributed by atoms with Crippen LogP contribution in [0.2, 0.25) is 0 Å². The third-order valence-electron chi connectivity index (χ3n) is 4.59. The van der Waals surface area contributed by atoms with E-state index >= 15 is 0 Å². The molecule has 1 aromatic rings. The third kappa shape index (κ3) is 4.00. The quantitative estimate of drug-likeness (QED) is 0.871. The molecule has 1 fully saturated rings. The number of carboxylic acid groups (broad SMARTS) is 1. The van der Waals surface area contributed by atoms with Crippen molar-refractivity contribution in [3.8, 4) is 5.75 Å². The molecule has 3 rings (SSSR count). The minimum Gasteiger partial charge on any atom is -0.482 e. The minimum absolute atomic E-state index is 0.0437. The molecule has 1 spiro atoms. The molecule has 140 valence electrons. The molecule has 0 atom stereocenters. The Morgan fingerprint density at radius 3 is 2.50 bits per heavy atom. The molecule has 0 aromatic heterocycles. The zero-order chi connectivity index (χ0) is 18.9. The zero-order valence-corrected chi connectivity index (χ0v) is 15.4. The first-order chi connectivity index (χ1) is 12.2.